The number of halogens is 3. The first kappa shape index (κ1) is 14.8. The minimum Gasteiger partial charge on any atom is -0.355 e. The van der Waals surface area contributed by atoms with E-state index in [1.807, 2.05) is 0 Å². The molecule has 7 heteroatoms. The molecule has 1 aromatic heterocycles. The van der Waals surface area contributed by atoms with E-state index in [9.17, 15) is 18.0 Å². The molecule has 2 aromatic carbocycles. The van der Waals surface area contributed by atoms with Gasteiger partial charge in [0.25, 0.3) is 5.91 Å². The van der Waals surface area contributed by atoms with E-state index in [1.165, 1.54) is 36.4 Å². The van der Waals surface area contributed by atoms with Crippen molar-refractivity contribution in [1.82, 2.24) is 5.16 Å². The summed E-state index contributed by atoms with van der Waals surface area (Å²) in [6.45, 7) is 0. The first-order valence-corrected chi connectivity index (χ1v) is 6.52. The summed E-state index contributed by atoms with van der Waals surface area (Å²) >= 11 is 0. The maximum absolute atomic E-state index is 13.5. The highest BCUT2D eigenvalue weighted by molar-refractivity contribution is 6.03. The summed E-state index contributed by atoms with van der Waals surface area (Å²) in [5.41, 5.74) is -0.217. The van der Waals surface area contributed by atoms with Crippen LogP contribution in [0.3, 0.4) is 0 Å². The number of hydrogen-bond donors (Lipinski definition) is 1. The molecule has 0 unspecified atom stereocenters. The summed E-state index contributed by atoms with van der Waals surface area (Å²) in [7, 11) is 0. The molecular formula is C16H9F3N2O2. The number of aromatic nitrogens is 1. The largest absolute Gasteiger partial charge is 0.355 e. The number of carbonyl (C=O) groups is 1. The van der Waals surface area contributed by atoms with Gasteiger partial charge in [0, 0.05) is 11.6 Å². The van der Waals surface area contributed by atoms with E-state index in [4.69, 9.17) is 4.52 Å². The third-order valence-electron chi connectivity index (χ3n) is 3.07. The maximum Gasteiger partial charge on any atom is 0.278 e. The van der Waals surface area contributed by atoms with Crippen LogP contribution in [0.1, 0.15) is 10.5 Å². The van der Waals surface area contributed by atoms with E-state index in [1.54, 1.807) is 0 Å². The molecule has 0 spiro atoms. The number of nitrogens with zero attached hydrogens (tertiary/aromatic N) is 1. The van der Waals surface area contributed by atoms with Crippen LogP contribution in [-0.2, 0) is 0 Å². The molecule has 0 radical (unpaired) electrons. The molecule has 0 bridgehead atoms. The Kier molecular flexibility index (Phi) is 3.84. The van der Waals surface area contributed by atoms with Gasteiger partial charge in [-0.3, -0.25) is 4.79 Å². The fraction of sp³-hybridized carbons (Fsp3) is 0. The Morgan fingerprint density at radius 2 is 1.65 bits per heavy atom. The molecule has 23 heavy (non-hydrogen) atoms. The molecule has 0 aliphatic carbocycles. The summed E-state index contributed by atoms with van der Waals surface area (Å²) in [5.74, 6) is -2.82. The second-order valence-electron chi connectivity index (χ2n) is 4.63. The Morgan fingerprint density at radius 1 is 1.00 bits per heavy atom. The van der Waals surface area contributed by atoms with Crippen molar-refractivity contribution in [1.29, 1.82) is 0 Å². The van der Waals surface area contributed by atoms with E-state index in [0.717, 1.165) is 12.1 Å². The molecule has 1 N–H and O–H groups in total. The molecule has 0 saturated carbocycles. The summed E-state index contributed by atoms with van der Waals surface area (Å²) in [5, 5.41) is 5.64. The van der Waals surface area contributed by atoms with E-state index >= 15 is 0 Å². The topological polar surface area (TPSA) is 55.1 Å². The van der Waals surface area contributed by atoms with Crippen molar-refractivity contribution in [2.45, 2.75) is 0 Å². The highest BCUT2D eigenvalue weighted by Crippen LogP contribution is 2.22. The Morgan fingerprint density at radius 3 is 2.30 bits per heavy atom. The molecule has 3 rings (SSSR count). The van der Waals surface area contributed by atoms with Crippen LogP contribution in [0.15, 0.2) is 53.1 Å². The van der Waals surface area contributed by atoms with Gasteiger partial charge in [-0.05, 0) is 36.4 Å². The third kappa shape index (κ3) is 3.08. The highest BCUT2D eigenvalue weighted by atomic mass is 19.1. The number of hydrogen-bond acceptors (Lipinski definition) is 3. The monoisotopic (exact) mass is 318 g/mol. The fourth-order valence-electron chi connectivity index (χ4n) is 1.93. The number of rotatable bonds is 3. The van der Waals surface area contributed by atoms with Gasteiger partial charge in [0.2, 0.25) is 0 Å². The lowest BCUT2D eigenvalue weighted by Crippen LogP contribution is -2.14. The predicted octanol–water partition coefficient (Wildman–Crippen LogP) is 4.01. The normalized spacial score (nSPS) is 10.6. The predicted molar refractivity (Wildman–Crippen MR) is 76.2 cm³/mol. The summed E-state index contributed by atoms with van der Waals surface area (Å²) in [6.07, 6.45) is 0. The molecule has 0 atom stereocenters. The van der Waals surface area contributed by atoms with Gasteiger partial charge >= 0.3 is 0 Å². The average Bonchev–Trinajstić information content (AvgIpc) is 3.02. The molecule has 0 aliphatic rings. The van der Waals surface area contributed by atoms with Crippen LogP contribution in [0, 0.1) is 17.5 Å². The lowest BCUT2D eigenvalue weighted by molar-refractivity contribution is 0.101. The highest BCUT2D eigenvalue weighted by Gasteiger charge is 2.17. The molecule has 3 aromatic rings. The van der Waals surface area contributed by atoms with Crippen LogP contribution in [-0.4, -0.2) is 11.1 Å². The Hall–Kier alpha value is -3.09. The van der Waals surface area contributed by atoms with E-state index in [2.05, 4.69) is 10.5 Å². The van der Waals surface area contributed by atoms with Gasteiger partial charge in [0.15, 0.2) is 11.5 Å². The smallest absolute Gasteiger partial charge is 0.278 e. The van der Waals surface area contributed by atoms with Crippen LogP contribution in [0.25, 0.3) is 11.3 Å². The van der Waals surface area contributed by atoms with Crippen molar-refractivity contribution >= 4 is 11.6 Å². The SMILES string of the molecule is O=C(Nc1c(F)cccc1F)c1cc(-c2ccc(F)cc2)on1. The van der Waals surface area contributed by atoms with E-state index in [-0.39, 0.29) is 11.5 Å². The van der Waals surface area contributed by atoms with Crippen LogP contribution in [0.4, 0.5) is 18.9 Å². The number of para-hydroxylation sites is 1. The first-order chi connectivity index (χ1) is 11.0. The zero-order valence-corrected chi connectivity index (χ0v) is 11.5. The van der Waals surface area contributed by atoms with Crippen LogP contribution in [0.2, 0.25) is 0 Å². The third-order valence-corrected chi connectivity index (χ3v) is 3.07. The van der Waals surface area contributed by atoms with Crippen molar-refractivity contribution in [3.05, 3.63) is 71.7 Å². The molecule has 1 amide bonds. The zero-order valence-electron chi connectivity index (χ0n) is 11.5. The number of nitrogens with one attached hydrogen (secondary N) is 1. The van der Waals surface area contributed by atoms with Crippen molar-refractivity contribution in [2.24, 2.45) is 0 Å². The second kappa shape index (κ2) is 5.96. The van der Waals surface area contributed by atoms with E-state index < -0.39 is 29.0 Å². The number of amides is 1. The van der Waals surface area contributed by atoms with Gasteiger partial charge in [-0.2, -0.15) is 0 Å². The summed E-state index contributed by atoms with van der Waals surface area (Å²) < 4.78 is 44.9. The van der Waals surface area contributed by atoms with Gasteiger partial charge < -0.3 is 9.84 Å². The number of carbonyl (C=O) groups excluding carboxylic acids is 1. The van der Waals surface area contributed by atoms with Gasteiger partial charge in [0.1, 0.15) is 23.1 Å². The Bertz CT molecular complexity index is 840. The Labute approximate surface area is 128 Å². The number of anilines is 1. The quantitative estimate of drug-likeness (QED) is 0.794. The lowest BCUT2D eigenvalue weighted by Gasteiger charge is -2.04. The van der Waals surface area contributed by atoms with Gasteiger partial charge in [-0.1, -0.05) is 11.2 Å². The molecule has 116 valence electrons. The van der Waals surface area contributed by atoms with Gasteiger partial charge in [-0.25, -0.2) is 13.2 Å². The molecule has 0 saturated heterocycles. The maximum atomic E-state index is 13.5. The summed E-state index contributed by atoms with van der Waals surface area (Å²) in [6, 6.07) is 9.88. The number of benzene rings is 2. The van der Waals surface area contributed by atoms with Gasteiger partial charge in [0.05, 0.1) is 0 Å². The lowest BCUT2D eigenvalue weighted by atomic mass is 10.1. The van der Waals surface area contributed by atoms with Crippen LogP contribution in [0.5, 0.6) is 0 Å². The molecule has 0 aliphatic heterocycles. The Balaban J connectivity index is 1.83. The molecule has 1 heterocycles. The summed E-state index contributed by atoms with van der Waals surface area (Å²) in [4.78, 5) is 12.0. The molecule has 0 fully saturated rings. The van der Waals surface area contributed by atoms with E-state index in [0.29, 0.717) is 5.56 Å². The minimum atomic E-state index is -0.902. The minimum absolute atomic E-state index is 0.160. The van der Waals surface area contributed by atoms with Gasteiger partial charge in [-0.15, -0.1) is 0 Å². The van der Waals surface area contributed by atoms with Crippen LogP contribution >= 0.6 is 0 Å². The fourth-order valence-corrected chi connectivity index (χ4v) is 1.93. The standard InChI is InChI=1S/C16H9F3N2O2/c17-10-6-4-9(5-7-10)14-8-13(21-23-14)16(22)20-15-11(18)2-1-3-12(15)19/h1-8H,(H,20,22). The average molecular weight is 318 g/mol. The zero-order chi connectivity index (χ0) is 16.4. The molecule has 4 nitrogen and oxygen atoms in total. The van der Waals surface area contributed by atoms with Crippen molar-refractivity contribution in [3.63, 3.8) is 0 Å². The second-order valence-corrected chi connectivity index (χ2v) is 4.63. The first-order valence-electron chi connectivity index (χ1n) is 6.52. The molecular weight excluding hydrogens is 309 g/mol. The van der Waals surface area contributed by atoms with Crippen molar-refractivity contribution < 1.29 is 22.5 Å². The van der Waals surface area contributed by atoms with Crippen LogP contribution < -0.4 is 5.32 Å². The van der Waals surface area contributed by atoms with Crippen molar-refractivity contribution in [3.8, 4) is 11.3 Å². The van der Waals surface area contributed by atoms with Crippen molar-refractivity contribution in [2.75, 3.05) is 5.32 Å².